The van der Waals surface area contributed by atoms with E-state index in [0.717, 1.165) is 48.7 Å². The fourth-order valence-corrected chi connectivity index (χ4v) is 6.02. The molecule has 3 heterocycles. The maximum Gasteiger partial charge on any atom is 0.231 e. The van der Waals surface area contributed by atoms with Gasteiger partial charge in [-0.3, -0.25) is 4.79 Å². The van der Waals surface area contributed by atoms with Gasteiger partial charge >= 0.3 is 0 Å². The van der Waals surface area contributed by atoms with Crippen molar-refractivity contribution in [3.05, 3.63) is 52.4 Å². The number of hydrogen-bond donors (Lipinski definition) is 1. The van der Waals surface area contributed by atoms with Gasteiger partial charge in [0.1, 0.15) is 12.1 Å². The Morgan fingerprint density at radius 2 is 1.86 bits per heavy atom. The first-order valence-corrected chi connectivity index (χ1v) is 13.4. The first kappa shape index (κ1) is 25.4. The van der Waals surface area contributed by atoms with Crippen LogP contribution in [0.25, 0.3) is 0 Å². The molecule has 3 aliphatic rings. The number of ether oxygens (including phenoxy) is 1. The van der Waals surface area contributed by atoms with Crippen LogP contribution in [0.5, 0.6) is 0 Å². The number of halogens is 1. The van der Waals surface area contributed by atoms with Crippen molar-refractivity contribution in [2.24, 2.45) is 0 Å². The average molecular weight is 514 g/mol. The number of benzene rings is 1. The number of piperazine rings is 1. The molecule has 2 fully saturated rings. The molecular formula is C27H36ClN5O3. The Morgan fingerprint density at radius 3 is 2.56 bits per heavy atom. The molecule has 3 atom stereocenters. The number of likely N-dealkylation sites (N-methyl/N-ethyl adjacent to an activating group) is 1. The van der Waals surface area contributed by atoms with E-state index in [1.807, 2.05) is 29.2 Å². The van der Waals surface area contributed by atoms with Crippen molar-refractivity contribution in [3.8, 4) is 0 Å². The summed E-state index contributed by atoms with van der Waals surface area (Å²) in [5, 5.41) is 11.0. The first-order chi connectivity index (χ1) is 17.4. The summed E-state index contributed by atoms with van der Waals surface area (Å²) in [5.41, 5.74) is 2.81. The third-order valence-corrected chi connectivity index (χ3v) is 8.28. The van der Waals surface area contributed by atoms with E-state index in [2.05, 4.69) is 33.7 Å². The summed E-state index contributed by atoms with van der Waals surface area (Å²) < 4.78 is 5.54. The molecule has 2 aromatic rings. The van der Waals surface area contributed by atoms with E-state index in [1.165, 1.54) is 0 Å². The minimum atomic E-state index is -0.521. The number of aromatic nitrogens is 2. The van der Waals surface area contributed by atoms with Crippen LogP contribution in [-0.4, -0.2) is 89.8 Å². The molecule has 36 heavy (non-hydrogen) atoms. The molecule has 1 aliphatic carbocycles. The molecule has 194 valence electrons. The molecule has 0 radical (unpaired) electrons. The van der Waals surface area contributed by atoms with Crippen LogP contribution in [0.2, 0.25) is 5.02 Å². The Labute approximate surface area is 218 Å². The van der Waals surface area contributed by atoms with Crippen LogP contribution in [0.1, 0.15) is 60.9 Å². The van der Waals surface area contributed by atoms with E-state index in [-0.39, 0.29) is 17.7 Å². The molecule has 5 rings (SSSR count). The Balaban J connectivity index is 1.30. The summed E-state index contributed by atoms with van der Waals surface area (Å²) >= 11 is 6.15. The molecule has 1 amide bonds. The summed E-state index contributed by atoms with van der Waals surface area (Å²) in [6.07, 6.45) is 3.70. The molecule has 8 nitrogen and oxygen atoms in total. The molecule has 0 spiro atoms. The average Bonchev–Trinajstić information content (AvgIpc) is 3.21. The highest BCUT2D eigenvalue weighted by atomic mass is 35.5. The Hall–Kier alpha value is -2.26. The quantitative estimate of drug-likeness (QED) is 0.635. The third-order valence-electron chi connectivity index (χ3n) is 8.03. The van der Waals surface area contributed by atoms with E-state index in [1.54, 1.807) is 6.33 Å². The lowest BCUT2D eigenvalue weighted by atomic mass is 9.95. The fourth-order valence-electron chi connectivity index (χ4n) is 5.90. The number of fused-ring (bicyclic) bond motifs is 1. The number of aliphatic hydroxyl groups is 1. The van der Waals surface area contributed by atoms with Crippen LogP contribution >= 0.6 is 11.6 Å². The maximum atomic E-state index is 13.9. The normalized spacial score (nSPS) is 23.7. The SMILES string of the molecule is C[C@@H]1C[C@H](O)c2ncnc(N3CCN(C(=O)[C@H](CN(C)C4CCOCC4)c4ccc(Cl)cc4)CC3)c21. The molecule has 0 unspecified atom stereocenters. The smallest absolute Gasteiger partial charge is 0.231 e. The number of nitrogens with zero attached hydrogens (tertiary/aromatic N) is 5. The summed E-state index contributed by atoms with van der Waals surface area (Å²) in [6, 6.07) is 8.13. The Kier molecular flexibility index (Phi) is 7.76. The molecule has 9 heteroatoms. The highest BCUT2D eigenvalue weighted by molar-refractivity contribution is 6.30. The topological polar surface area (TPSA) is 82.0 Å². The molecule has 1 aromatic heterocycles. The Bertz CT molecular complexity index is 1050. The largest absolute Gasteiger partial charge is 0.387 e. The zero-order chi connectivity index (χ0) is 25.2. The second-order valence-electron chi connectivity index (χ2n) is 10.3. The van der Waals surface area contributed by atoms with Crippen molar-refractivity contribution >= 4 is 23.3 Å². The van der Waals surface area contributed by atoms with Gasteiger partial charge in [0.05, 0.1) is 17.7 Å². The van der Waals surface area contributed by atoms with Gasteiger partial charge in [-0.2, -0.15) is 0 Å². The summed E-state index contributed by atoms with van der Waals surface area (Å²) in [5.74, 6) is 1.04. The highest BCUT2D eigenvalue weighted by Gasteiger charge is 2.35. The third kappa shape index (κ3) is 5.23. The number of carbonyl (C=O) groups is 1. The van der Waals surface area contributed by atoms with Gasteiger partial charge < -0.3 is 24.5 Å². The predicted molar refractivity (Wildman–Crippen MR) is 139 cm³/mol. The van der Waals surface area contributed by atoms with E-state index >= 15 is 0 Å². The molecule has 1 N–H and O–H groups in total. The van der Waals surface area contributed by atoms with Gasteiger partial charge in [0.15, 0.2) is 0 Å². The van der Waals surface area contributed by atoms with Crippen molar-refractivity contribution in [1.29, 1.82) is 0 Å². The van der Waals surface area contributed by atoms with Crippen molar-refractivity contribution in [3.63, 3.8) is 0 Å². The second-order valence-corrected chi connectivity index (χ2v) is 10.8. The maximum absolute atomic E-state index is 13.9. The van der Waals surface area contributed by atoms with Gasteiger partial charge in [0, 0.05) is 62.6 Å². The van der Waals surface area contributed by atoms with Gasteiger partial charge in [0.2, 0.25) is 5.91 Å². The predicted octanol–water partition coefficient (Wildman–Crippen LogP) is 3.21. The number of anilines is 1. The number of aliphatic hydroxyl groups excluding tert-OH is 1. The molecule has 0 saturated carbocycles. The molecule has 0 bridgehead atoms. The standard InChI is InChI=1S/C27H36ClN5O3/c1-18-15-23(34)25-24(18)26(30-17-29-25)32-9-11-33(12-10-32)27(35)22(19-3-5-20(28)6-4-19)16-31(2)21-7-13-36-14-8-21/h3-6,17-18,21-23,34H,7-16H2,1-2H3/t18-,22-,23+/m1/s1. The second kappa shape index (κ2) is 11.0. The number of rotatable bonds is 6. The lowest BCUT2D eigenvalue weighted by Crippen LogP contribution is -2.52. The fraction of sp³-hybridized carbons (Fsp3) is 0.593. The lowest BCUT2D eigenvalue weighted by Gasteiger charge is -2.39. The van der Waals surface area contributed by atoms with E-state index in [0.29, 0.717) is 50.2 Å². The first-order valence-electron chi connectivity index (χ1n) is 13.0. The van der Waals surface area contributed by atoms with Crippen LogP contribution in [0, 0.1) is 0 Å². The van der Waals surface area contributed by atoms with Gasteiger partial charge in [-0.25, -0.2) is 9.97 Å². The van der Waals surface area contributed by atoms with E-state index in [9.17, 15) is 9.90 Å². The number of hydrogen-bond acceptors (Lipinski definition) is 7. The van der Waals surface area contributed by atoms with Crippen molar-refractivity contribution in [1.82, 2.24) is 19.8 Å². The van der Waals surface area contributed by atoms with Crippen molar-refractivity contribution in [2.75, 3.05) is 57.9 Å². The molecule has 2 saturated heterocycles. The van der Waals surface area contributed by atoms with Crippen LogP contribution in [0.3, 0.4) is 0 Å². The van der Waals surface area contributed by atoms with Crippen LogP contribution < -0.4 is 4.90 Å². The van der Waals surface area contributed by atoms with Gasteiger partial charge in [-0.15, -0.1) is 0 Å². The lowest BCUT2D eigenvalue weighted by molar-refractivity contribution is -0.133. The van der Waals surface area contributed by atoms with Crippen LogP contribution in [0.4, 0.5) is 5.82 Å². The van der Waals surface area contributed by atoms with Gasteiger partial charge in [-0.05, 0) is 49.9 Å². The molecule has 2 aliphatic heterocycles. The zero-order valence-electron chi connectivity index (χ0n) is 21.1. The minimum absolute atomic E-state index is 0.160. The molecule has 1 aromatic carbocycles. The van der Waals surface area contributed by atoms with Crippen molar-refractivity contribution < 1.29 is 14.6 Å². The summed E-state index contributed by atoms with van der Waals surface area (Å²) in [7, 11) is 2.12. The Morgan fingerprint density at radius 1 is 1.17 bits per heavy atom. The van der Waals surface area contributed by atoms with E-state index < -0.39 is 6.10 Å². The number of carbonyl (C=O) groups excluding carboxylic acids is 1. The van der Waals surface area contributed by atoms with Crippen molar-refractivity contribution in [2.45, 2.75) is 50.2 Å². The van der Waals surface area contributed by atoms with Crippen LogP contribution in [0.15, 0.2) is 30.6 Å². The van der Waals surface area contributed by atoms with Gasteiger partial charge in [-0.1, -0.05) is 30.7 Å². The van der Waals surface area contributed by atoms with Gasteiger partial charge in [0.25, 0.3) is 0 Å². The number of amides is 1. The zero-order valence-corrected chi connectivity index (χ0v) is 21.9. The monoisotopic (exact) mass is 513 g/mol. The minimum Gasteiger partial charge on any atom is -0.387 e. The van der Waals surface area contributed by atoms with E-state index in [4.69, 9.17) is 16.3 Å². The molecular weight excluding hydrogens is 478 g/mol. The summed E-state index contributed by atoms with van der Waals surface area (Å²) in [4.78, 5) is 29.4. The summed E-state index contributed by atoms with van der Waals surface area (Å²) in [6.45, 7) is 7.03. The van der Waals surface area contributed by atoms with Crippen LogP contribution in [-0.2, 0) is 9.53 Å². The highest BCUT2D eigenvalue weighted by Crippen LogP contribution is 2.42.